The lowest BCUT2D eigenvalue weighted by Gasteiger charge is -2.18. The predicted octanol–water partition coefficient (Wildman–Crippen LogP) is 2.53. The summed E-state index contributed by atoms with van der Waals surface area (Å²) in [5, 5.41) is 11.4. The summed E-state index contributed by atoms with van der Waals surface area (Å²) in [6.07, 6.45) is 1.63. The third-order valence-corrected chi connectivity index (χ3v) is 3.25. The Bertz CT molecular complexity index is 563. The molecule has 0 saturated carbocycles. The van der Waals surface area contributed by atoms with E-state index < -0.39 is 0 Å². The van der Waals surface area contributed by atoms with E-state index in [1.807, 2.05) is 26.2 Å². The molecule has 1 heterocycles. The Morgan fingerprint density at radius 1 is 1.05 bits per heavy atom. The molecule has 0 aliphatic heterocycles. The van der Waals surface area contributed by atoms with Crippen LogP contribution in [0.15, 0.2) is 30.5 Å². The zero-order chi connectivity index (χ0) is 15.2. The number of hydrogen-bond acceptors (Lipinski definition) is 6. The molecule has 1 aromatic carbocycles. The number of nitrogens with zero attached hydrogens (tertiary/aromatic N) is 5. The molecule has 21 heavy (non-hydrogen) atoms. The van der Waals surface area contributed by atoms with E-state index in [0.29, 0.717) is 11.8 Å². The largest absolute Gasteiger partial charge is 0.378 e. The Hall–Kier alpha value is -2.37. The summed E-state index contributed by atoms with van der Waals surface area (Å²) >= 11 is 0. The molecule has 112 valence electrons. The monoisotopic (exact) mass is 286 g/mol. The molecule has 6 heteroatoms. The van der Waals surface area contributed by atoms with Gasteiger partial charge >= 0.3 is 0 Å². The van der Waals surface area contributed by atoms with Crippen LogP contribution in [0.25, 0.3) is 0 Å². The van der Waals surface area contributed by atoms with Crippen molar-refractivity contribution in [2.45, 2.75) is 13.8 Å². The van der Waals surface area contributed by atoms with Gasteiger partial charge in [0, 0.05) is 38.6 Å². The van der Waals surface area contributed by atoms with E-state index in [9.17, 15) is 0 Å². The molecule has 0 aliphatic rings. The second-order valence-electron chi connectivity index (χ2n) is 4.88. The Morgan fingerprint density at radius 2 is 1.71 bits per heavy atom. The third-order valence-electron chi connectivity index (χ3n) is 3.25. The highest BCUT2D eigenvalue weighted by Gasteiger charge is 2.07. The minimum absolute atomic E-state index is 0.648. The maximum Gasteiger partial charge on any atom is 0.247 e. The second kappa shape index (κ2) is 6.88. The van der Waals surface area contributed by atoms with Crippen molar-refractivity contribution in [3.8, 4) is 0 Å². The van der Waals surface area contributed by atoms with Gasteiger partial charge in [0.05, 0.1) is 6.20 Å². The van der Waals surface area contributed by atoms with Crippen LogP contribution in [-0.2, 0) is 0 Å². The van der Waals surface area contributed by atoms with Crippen LogP contribution in [0.1, 0.15) is 13.8 Å². The van der Waals surface area contributed by atoms with E-state index in [2.05, 4.69) is 56.3 Å². The SMILES string of the molecule is CCN(CC)c1nncc(Nc2ccc(N(C)C)cc2)n1. The van der Waals surface area contributed by atoms with Crippen LogP contribution in [0, 0.1) is 0 Å². The molecule has 1 aromatic heterocycles. The molecule has 0 atom stereocenters. The zero-order valence-electron chi connectivity index (χ0n) is 13.0. The summed E-state index contributed by atoms with van der Waals surface area (Å²) in [7, 11) is 4.04. The summed E-state index contributed by atoms with van der Waals surface area (Å²) in [5.74, 6) is 1.35. The van der Waals surface area contributed by atoms with Gasteiger partial charge in [-0.05, 0) is 38.1 Å². The van der Waals surface area contributed by atoms with Gasteiger partial charge in [-0.1, -0.05) is 0 Å². The maximum atomic E-state index is 4.50. The number of nitrogens with one attached hydrogen (secondary N) is 1. The first-order chi connectivity index (χ1) is 10.1. The van der Waals surface area contributed by atoms with Crippen molar-refractivity contribution >= 4 is 23.1 Å². The van der Waals surface area contributed by atoms with Crippen LogP contribution in [0.2, 0.25) is 0 Å². The molecule has 0 radical (unpaired) electrons. The summed E-state index contributed by atoms with van der Waals surface area (Å²) in [5.41, 5.74) is 2.14. The molecule has 0 aliphatic carbocycles. The summed E-state index contributed by atoms with van der Waals surface area (Å²) in [6.45, 7) is 5.87. The third kappa shape index (κ3) is 3.81. The van der Waals surface area contributed by atoms with Gasteiger partial charge in [-0.15, -0.1) is 5.10 Å². The maximum absolute atomic E-state index is 4.50. The number of rotatable bonds is 6. The molecule has 2 rings (SSSR count). The molecule has 0 saturated heterocycles. The van der Waals surface area contributed by atoms with Crippen LogP contribution in [0.5, 0.6) is 0 Å². The number of anilines is 4. The summed E-state index contributed by atoms with van der Waals surface area (Å²) in [6, 6.07) is 8.16. The highest BCUT2D eigenvalue weighted by atomic mass is 15.3. The van der Waals surface area contributed by atoms with Crippen molar-refractivity contribution in [2.75, 3.05) is 42.3 Å². The second-order valence-corrected chi connectivity index (χ2v) is 4.88. The van der Waals surface area contributed by atoms with Crippen molar-refractivity contribution in [2.24, 2.45) is 0 Å². The lowest BCUT2D eigenvalue weighted by Crippen LogP contribution is -2.24. The van der Waals surface area contributed by atoms with Crippen LogP contribution in [0.3, 0.4) is 0 Å². The lowest BCUT2D eigenvalue weighted by molar-refractivity contribution is 0.796. The van der Waals surface area contributed by atoms with Gasteiger partial charge < -0.3 is 15.1 Å². The van der Waals surface area contributed by atoms with Crippen molar-refractivity contribution in [3.63, 3.8) is 0 Å². The molecule has 1 N–H and O–H groups in total. The average molecular weight is 286 g/mol. The highest BCUT2D eigenvalue weighted by Crippen LogP contribution is 2.19. The van der Waals surface area contributed by atoms with Gasteiger partial charge in [-0.2, -0.15) is 10.1 Å². The molecule has 0 spiro atoms. The fraction of sp³-hybridized carbons (Fsp3) is 0.400. The fourth-order valence-corrected chi connectivity index (χ4v) is 1.99. The van der Waals surface area contributed by atoms with Crippen molar-refractivity contribution in [1.82, 2.24) is 15.2 Å². The standard InChI is InChI=1S/C15H22N6/c1-5-21(6-2)15-18-14(11-16-19-15)17-12-7-9-13(10-8-12)20(3)4/h7-11H,5-6H2,1-4H3,(H,17,18,19). The first-order valence-electron chi connectivity index (χ1n) is 7.13. The average Bonchev–Trinajstić information content (AvgIpc) is 2.49. The van der Waals surface area contributed by atoms with Crippen LogP contribution < -0.4 is 15.1 Å². The van der Waals surface area contributed by atoms with E-state index in [4.69, 9.17) is 0 Å². The van der Waals surface area contributed by atoms with Gasteiger partial charge in [-0.3, -0.25) is 0 Å². The first kappa shape index (κ1) is 15.0. The van der Waals surface area contributed by atoms with Crippen LogP contribution >= 0.6 is 0 Å². The van der Waals surface area contributed by atoms with Gasteiger partial charge in [-0.25, -0.2) is 0 Å². The Balaban J connectivity index is 2.14. The Labute approximate surface area is 125 Å². The minimum atomic E-state index is 0.648. The molecular weight excluding hydrogens is 264 g/mol. The van der Waals surface area contributed by atoms with Gasteiger partial charge in [0.1, 0.15) is 0 Å². The van der Waals surface area contributed by atoms with Crippen molar-refractivity contribution in [1.29, 1.82) is 0 Å². The Morgan fingerprint density at radius 3 is 2.29 bits per heavy atom. The topological polar surface area (TPSA) is 57.2 Å². The Kier molecular flexibility index (Phi) is 4.92. The molecule has 0 bridgehead atoms. The summed E-state index contributed by atoms with van der Waals surface area (Å²) < 4.78 is 0. The predicted molar refractivity (Wildman–Crippen MR) is 87.4 cm³/mol. The van der Waals surface area contributed by atoms with Crippen molar-refractivity contribution in [3.05, 3.63) is 30.5 Å². The number of aromatic nitrogens is 3. The van der Waals surface area contributed by atoms with Gasteiger partial charge in [0.2, 0.25) is 5.95 Å². The van der Waals surface area contributed by atoms with E-state index >= 15 is 0 Å². The first-order valence-corrected chi connectivity index (χ1v) is 7.13. The quantitative estimate of drug-likeness (QED) is 0.880. The zero-order valence-corrected chi connectivity index (χ0v) is 13.0. The van der Waals surface area contributed by atoms with Crippen LogP contribution in [0.4, 0.5) is 23.1 Å². The summed E-state index contributed by atoms with van der Waals surface area (Å²) in [4.78, 5) is 8.63. The van der Waals surface area contributed by atoms with Gasteiger partial charge in [0.25, 0.3) is 0 Å². The smallest absolute Gasteiger partial charge is 0.247 e. The van der Waals surface area contributed by atoms with E-state index in [1.165, 1.54) is 0 Å². The fourth-order valence-electron chi connectivity index (χ4n) is 1.99. The minimum Gasteiger partial charge on any atom is -0.378 e. The van der Waals surface area contributed by atoms with Gasteiger partial charge in [0.15, 0.2) is 5.82 Å². The molecule has 6 nitrogen and oxygen atoms in total. The van der Waals surface area contributed by atoms with Crippen molar-refractivity contribution < 1.29 is 0 Å². The number of benzene rings is 1. The highest BCUT2D eigenvalue weighted by molar-refractivity contribution is 5.60. The molecule has 0 amide bonds. The molecular formula is C15H22N6. The molecule has 2 aromatic rings. The molecule has 0 unspecified atom stereocenters. The van der Waals surface area contributed by atoms with E-state index in [-0.39, 0.29) is 0 Å². The molecule has 0 fully saturated rings. The van der Waals surface area contributed by atoms with E-state index in [1.54, 1.807) is 6.20 Å². The van der Waals surface area contributed by atoms with E-state index in [0.717, 1.165) is 24.5 Å². The lowest BCUT2D eigenvalue weighted by atomic mass is 10.2. The normalized spacial score (nSPS) is 10.3. The van der Waals surface area contributed by atoms with Crippen LogP contribution in [-0.4, -0.2) is 42.4 Å². The number of hydrogen-bond donors (Lipinski definition) is 1.